The average Bonchev–Trinajstić information content (AvgIpc) is 3.34. The van der Waals surface area contributed by atoms with Crippen molar-refractivity contribution in [2.24, 2.45) is 0 Å². The first-order chi connectivity index (χ1) is 13.5. The molecule has 4 aromatic rings. The molecule has 28 heavy (non-hydrogen) atoms. The summed E-state index contributed by atoms with van der Waals surface area (Å²) in [5, 5.41) is 5.82. The Balaban J connectivity index is 1.41. The van der Waals surface area contributed by atoms with Gasteiger partial charge in [-0.2, -0.15) is 5.10 Å². The van der Waals surface area contributed by atoms with Crippen LogP contribution in [0.4, 0.5) is 11.6 Å². The van der Waals surface area contributed by atoms with E-state index < -0.39 is 0 Å². The van der Waals surface area contributed by atoms with Crippen LogP contribution in [-0.2, 0) is 5.41 Å². The normalized spacial score (nSPS) is 15.7. The summed E-state index contributed by atoms with van der Waals surface area (Å²) in [5.74, 6) is 2.00. The first-order valence-electron chi connectivity index (χ1n) is 9.63. The molecule has 8 heteroatoms. The van der Waals surface area contributed by atoms with Crippen molar-refractivity contribution in [2.75, 3.05) is 36.0 Å². The van der Waals surface area contributed by atoms with Crippen LogP contribution >= 0.6 is 0 Å². The Morgan fingerprint density at radius 1 is 0.964 bits per heavy atom. The van der Waals surface area contributed by atoms with Gasteiger partial charge in [0, 0.05) is 50.2 Å². The second-order valence-electron chi connectivity index (χ2n) is 8.27. The fraction of sp³-hybridized carbons (Fsp3) is 0.400. The molecule has 0 atom stereocenters. The lowest BCUT2D eigenvalue weighted by atomic mass is 9.92. The van der Waals surface area contributed by atoms with Crippen LogP contribution < -0.4 is 9.80 Å². The summed E-state index contributed by atoms with van der Waals surface area (Å²) in [7, 11) is 0. The third-order valence-electron chi connectivity index (χ3n) is 5.35. The zero-order chi connectivity index (χ0) is 19.3. The number of nitrogens with one attached hydrogen (secondary N) is 1. The molecule has 0 spiro atoms. The summed E-state index contributed by atoms with van der Waals surface area (Å²) in [6.45, 7) is 10.1. The van der Waals surface area contributed by atoms with E-state index in [0.29, 0.717) is 0 Å². The van der Waals surface area contributed by atoms with Crippen molar-refractivity contribution >= 4 is 28.2 Å². The van der Waals surface area contributed by atoms with Gasteiger partial charge in [0.15, 0.2) is 5.82 Å². The Morgan fingerprint density at radius 2 is 1.71 bits per heavy atom. The predicted molar refractivity (Wildman–Crippen MR) is 110 cm³/mol. The minimum Gasteiger partial charge on any atom is -0.352 e. The summed E-state index contributed by atoms with van der Waals surface area (Å²) in [6, 6.07) is 4.21. The quantitative estimate of drug-likeness (QED) is 0.579. The van der Waals surface area contributed by atoms with Gasteiger partial charge in [0.25, 0.3) is 0 Å². The Bertz CT molecular complexity index is 1130. The highest BCUT2D eigenvalue weighted by Gasteiger charge is 2.24. The van der Waals surface area contributed by atoms with E-state index in [1.54, 1.807) is 6.33 Å². The van der Waals surface area contributed by atoms with Gasteiger partial charge >= 0.3 is 0 Å². The molecule has 4 aromatic heterocycles. The average molecular weight is 376 g/mol. The van der Waals surface area contributed by atoms with Gasteiger partial charge in [0.1, 0.15) is 23.3 Å². The molecule has 0 radical (unpaired) electrons. The van der Waals surface area contributed by atoms with Gasteiger partial charge in [-0.1, -0.05) is 20.8 Å². The summed E-state index contributed by atoms with van der Waals surface area (Å²) in [6.07, 6.45) is 7.30. The molecule has 1 aliphatic heterocycles. The van der Waals surface area contributed by atoms with Gasteiger partial charge < -0.3 is 14.8 Å². The predicted octanol–water partition coefficient (Wildman–Crippen LogP) is 2.62. The van der Waals surface area contributed by atoms with Gasteiger partial charge in [-0.15, -0.1) is 0 Å². The number of hydrogen-bond donors (Lipinski definition) is 1. The summed E-state index contributed by atoms with van der Waals surface area (Å²) in [4.78, 5) is 21.3. The van der Waals surface area contributed by atoms with E-state index in [-0.39, 0.29) is 5.41 Å². The van der Waals surface area contributed by atoms with E-state index in [4.69, 9.17) is 5.10 Å². The second-order valence-corrected chi connectivity index (χ2v) is 8.27. The summed E-state index contributed by atoms with van der Waals surface area (Å²) >= 11 is 0. The van der Waals surface area contributed by atoms with Gasteiger partial charge in [0.05, 0.1) is 11.1 Å². The van der Waals surface area contributed by atoms with Gasteiger partial charge in [-0.3, -0.25) is 0 Å². The lowest BCUT2D eigenvalue weighted by Crippen LogP contribution is -2.47. The Labute approximate surface area is 163 Å². The van der Waals surface area contributed by atoms with Crippen molar-refractivity contribution in [1.82, 2.24) is 29.5 Å². The number of H-pyrrole nitrogens is 1. The Kier molecular flexibility index (Phi) is 3.75. The molecule has 0 bridgehead atoms. The third kappa shape index (κ3) is 2.76. The lowest BCUT2D eigenvalue weighted by Gasteiger charge is -2.36. The molecule has 0 aromatic carbocycles. The standard InChI is InChI=1S/C20H24N8/c1-20(2,3)16-12-15-19(22-6-7-28(15)25-16)27-10-8-26(9-11-27)18-14-4-5-21-17(14)23-13-24-18/h4-7,12-13H,8-11H2,1-3H3,(H,21,23,24). The van der Waals surface area contributed by atoms with Gasteiger partial charge in [-0.25, -0.2) is 19.5 Å². The number of fused-ring (bicyclic) bond motifs is 2. The van der Waals surface area contributed by atoms with Crippen molar-refractivity contribution in [2.45, 2.75) is 26.2 Å². The van der Waals surface area contributed by atoms with E-state index in [0.717, 1.165) is 60.1 Å². The van der Waals surface area contributed by atoms with E-state index in [1.807, 2.05) is 29.2 Å². The molecule has 144 valence electrons. The first kappa shape index (κ1) is 17.0. The van der Waals surface area contributed by atoms with Crippen LogP contribution in [0.15, 0.2) is 37.1 Å². The second kappa shape index (κ2) is 6.19. The molecule has 5 rings (SSSR count). The zero-order valence-corrected chi connectivity index (χ0v) is 16.4. The highest BCUT2D eigenvalue weighted by atomic mass is 15.3. The van der Waals surface area contributed by atoms with Crippen molar-refractivity contribution in [3.8, 4) is 0 Å². The summed E-state index contributed by atoms with van der Waals surface area (Å²) < 4.78 is 1.95. The van der Waals surface area contributed by atoms with Crippen LogP contribution in [-0.4, -0.2) is 55.7 Å². The van der Waals surface area contributed by atoms with Crippen LogP contribution in [0.1, 0.15) is 26.5 Å². The van der Waals surface area contributed by atoms with Crippen molar-refractivity contribution in [3.63, 3.8) is 0 Å². The number of rotatable bonds is 2. The maximum absolute atomic E-state index is 4.75. The molecule has 0 unspecified atom stereocenters. The van der Waals surface area contributed by atoms with E-state index in [1.165, 1.54) is 0 Å². The minimum atomic E-state index is 0.0108. The third-order valence-corrected chi connectivity index (χ3v) is 5.35. The Hall–Kier alpha value is -3.16. The molecule has 1 aliphatic rings. The van der Waals surface area contributed by atoms with E-state index in [9.17, 15) is 0 Å². The molecule has 1 saturated heterocycles. The number of hydrogen-bond acceptors (Lipinski definition) is 6. The van der Waals surface area contributed by atoms with Crippen molar-refractivity contribution in [3.05, 3.63) is 42.7 Å². The maximum Gasteiger partial charge on any atom is 0.154 e. The van der Waals surface area contributed by atoms with Gasteiger partial charge in [0.2, 0.25) is 0 Å². The van der Waals surface area contributed by atoms with Crippen LogP contribution in [0.3, 0.4) is 0 Å². The number of aromatic amines is 1. The number of piperazine rings is 1. The topological polar surface area (TPSA) is 78.2 Å². The molecule has 1 fully saturated rings. The highest BCUT2D eigenvalue weighted by molar-refractivity contribution is 5.87. The van der Waals surface area contributed by atoms with Crippen LogP contribution in [0.5, 0.6) is 0 Å². The van der Waals surface area contributed by atoms with E-state index in [2.05, 4.69) is 56.6 Å². The molecule has 0 aliphatic carbocycles. The lowest BCUT2D eigenvalue weighted by molar-refractivity contribution is 0.562. The number of anilines is 2. The molecule has 0 saturated carbocycles. The molecular weight excluding hydrogens is 352 g/mol. The van der Waals surface area contributed by atoms with Crippen molar-refractivity contribution < 1.29 is 0 Å². The largest absolute Gasteiger partial charge is 0.352 e. The monoisotopic (exact) mass is 376 g/mol. The molecular formula is C20H24N8. The van der Waals surface area contributed by atoms with Gasteiger partial charge in [-0.05, 0) is 12.1 Å². The van der Waals surface area contributed by atoms with Crippen LogP contribution in [0, 0.1) is 0 Å². The number of aromatic nitrogens is 6. The molecule has 1 N–H and O–H groups in total. The fourth-order valence-corrected chi connectivity index (χ4v) is 3.76. The number of nitrogens with zero attached hydrogens (tertiary/aromatic N) is 7. The first-order valence-corrected chi connectivity index (χ1v) is 9.63. The molecule has 0 amide bonds. The molecule has 5 heterocycles. The smallest absolute Gasteiger partial charge is 0.154 e. The SMILES string of the molecule is CC(C)(C)c1cc2c(N3CCN(c4ncnc5[nH]ccc45)CC3)nccn2n1. The van der Waals surface area contributed by atoms with E-state index >= 15 is 0 Å². The summed E-state index contributed by atoms with van der Waals surface area (Å²) in [5.41, 5.74) is 3.04. The fourth-order valence-electron chi connectivity index (χ4n) is 3.76. The van der Waals surface area contributed by atoms with Crippen molar-refractivity contribution in [1.29, 1.82) is 0 Å². The molecule has 8 nitrogen and oxygen atoms in total. The highest BCUT2D eigenvalue weighted by Crippen LogP contribution is 2.28. The Morgan fingerprint density at radius 3 is 2.46 bits per heavy atom. The zero-order valence-electron chi connectivity index (χ0n) is 16.4. The van der Waals surface area contributed by atoms with Crippen LogP contribution in [0.25, 0.3) is 16.6 Å². The van der Waals surface area contributed by atoms with Crippen LogP contribution in [0.2, 0.25) is 0 Å². The minimum absolute atomic E-state index is 0.0108. The maximum atomic E-state index is 4.75.